The van der Waals surface area contributed by atoms with E-state index in [0.29, 0.717) is 13.2 Å². The van der Waals surface area contributed by atoms with E-state index in [4.69, 9.17) is 39.4 Å². The quantitative estimate of drug-likeness (QED) is 0.0785. The van der Waals surface area contributed by atoms with Crippen LogP contribution in [0.4, 0.5) is 0 Å². The number of hydrogen-bond donors (Lipinski definition) is 0. The molecule has 0 saturated carbocycles. The van der Waals surface area contributed by atoms with Gasteiger partial charge in [0.15, 0.2) is 0 Å². The first-order valence-electron chi connectivity index (χ1n) is 28.5. The van der Waals surface area contributed by atoms with Crippen molar-refractivity contribution < 1.29 is 9.47 Å². The van der Waals surface area contributed by atoms with Gasteiger partial charge >= 0.3 is 0 Å². The summed E-state index contributed by atoms with van der Waals surface area (Å²) in [6, 6.07) is 68.6. The SMILES string of the molecule is CCCCCCOCc1cc2nc(c1)c1ccc(cc1)c1ccc3ccc4ccc(nc4c3n1)c1ccc(cc1)c1cc(COCCCCCC)cc(n1)c1ccc(cc1)c1ccc3ccc4ccc(nc4c3n1)c1ccc2cc1. The van der Waals surface area contributed by atoms with Gasteiger partial charge in [0, 0.05) is 77.8 Å². The molecular weight excluding hydrogens is 981 g/mol. The first-order chi connectivity index (χ1) is 39.5. The molecule has 8 nitrogen and oxygen atoms in total. The highest BCUT2D eigenvalue weighted by Crippen LogP contribution is 2.30. The highest BCUT2D eigenvalue weighted by atomic mass is 16.5. The number of ether oxygens (including phenoxy) is 2. The molecule has 19 aromatic rings. The fraction of sp³-hybridized carbons (Fsp3) is 0.194. The predicted molar refractivity (Wildman–Crippen MR) is 335 cm³/mol. The molecule has 0 fully saturated rings. The van der Waals surface area contributed by atoms with Crippen molar-refractivity contribution >= 4 is 131 Å². The minimum absolute atomic E-state index is 0.513. The van der Waals surface area contributed by atoms with E-state index in [-0.39, 0.29) is 0 Å². The van der Waals surface area contributed by atoms with Crippen LogP contribution in [0.25, 0.3) is 131 Å². The van der Waals surface area contributed by atoms with Gasteiger partial charge in [-0.05, 0) is 72.5 Å². The third kappa shape index (κ3) is 10.7. The Kier molecular flexibility index (Phi) is 14.5. The Balaban J connectivity index is 1.00. The molecule has 19 rings (SSSR count). The maximum Gasteiger partial charge on any atom is 0.0972 e. The van der Waals surface area contributed by atoms with Crippen molar-refractivity contribution in [1.29, 1.82) is 0 Å². The van der Waals surface area contributed by atoms with Crippen LogP contribution in [0.1, 0.15) is 76.3 Å². The van der Waals surface area contributed by atoms with Gasteiger partial charge in [0.05, 0.1) is 79.4 Å². The van der Waals surface area contributed by atoms with Crippen molar-refractivity contribution in [1.82, 2.24) is 29.9 Å². The van der Waals surface area contributed by atoms with Gasteiger partial charge in [-0.1, -0.05) is 198 Å². The average Bonchev–Trinajstić information content (AvgIpc) is 3.53. The molecule has 392 valence electrons. The molecule has 8 heteroatoms. The van der Waals surface area contributed by atoms with E-state index in [9.17, 15) is 0 Å². The number of nitrogens with zero attached hydrogens (tertiary/aromatic N) is 6. The van der Waals surface area contributed by atoms with Crippen molar-refractivity contribution in [2.75, 3.05) is 13.2 Å². The summed E-state index contributed by atoms with van der Waals surface area (Å²) in [6.45, 7) is 6.96. The van der Waals surface area contributed by atoms with Crippen molar-refractivity contribution in [2.24, 2.45) is 0 Å². The maximum atomic E-state index is 6.29. The second kappa shape index (κ2) is 22.9. The molecule has 0 unspecified atom stereocenters. The maximum absolute atomic E-state index is 6.29. The molecule has 0 N–H and O–H groups in total. The Hall–Kier alpha value is -8.82. The van der Waals surface area contributed by atoms with Crippen LogP contribution in [0, 0.1) is 0 Å². The van der Waals surface area contributed by atoms with E-state index in [1.54, 1.807) is 0 Å². The standard InChI is InChI=1S/C72H62N6O2/c1-3-5-7-9-39-79-45-47-41-65-53-19-11-49(12-20-53)61-35-31-57-27-29-59-33-37-63(77-71(59)69(57)75-61)51-15-23-55(24-16-51)67-43-48(46-80-40-10-8-6-4-2)44-68(74-67)56-25-17-52(18-26-56)64-38-34-60-30-28-58-32-36-62(76-70(58)72(60)78-64)50-13-21-54(22-14-50)66(42-47)73-65/h11-38,41-44H,3-10,39-40,45-46H2,1-2H3. The van der Waals surface area contributed by atoms with Crippen molar-refractivity contribution in [3.05, 3.63) is 205 Å². The molecule has 0 atom stereocenters. The summed E-state index contributed by atoms with van der Waals surface area (Å²) in [7, 11) is 0. The zero-order valence-electron chi connectivity index (χ0n) is 45.5. The summed E-state index contributed by atoms with van der Waals surface area (Å²) < 4.78 is 12.6. The van der Waals surface area contributed by atoms with Crippen LogP contribution in [-0.4, -0.2) is 43.1 Å². The Morgan fingerprint density at radius 1 is 0.237 bits per heavy atom. The summed E-state index contributed by atoms with van der Waals surface area (Å²) in [5.74, 6) is 0. The number of rotatable bonds is 14. The fourth-order valence-electron chi connectivity index (χ4n) is 11.0. The zero-order valence-corrected chi connectivity index (χ0v) is 45.5. The van der Waals surface area contributed by atoms with Crippen molar-refractivity contribution in [3.8, 4) is 0 Å². The minimum Gasteiger partial charge on any atom is -0.377 e. The third-order valence-corrected chi connectivity index (χ3v) is 15.5. The molecule has 0 saturated heterocycles. The van der Waals surface area contributed by atoms with Crippen molar-refractivity contribution in [3.63, 3.8) is 0 Å². The van der Waals surface area contributed by atoms with Gasteiger partial charge in [0.1, 0.15) is 0 Å². The molecule has 20 bridgehead atoms. The van der Waals surface area contributed by atoms with Crippen molar-refractivity contribution in [2.45, 2.75) is 78.4 Å². The summed E-state index contributed by atoms with van der Waals surface area (Å²) in [5, 5.41) is 12.3. The van der Waals surface area contributed by atoms with Gasteiger partial charge in [-0.3, -0.25) is 0 Å². The van der Waals surface area contributed by atoms with Crippen LogP contribution in [0.2, 0.25) is 0 Å². The lowest BCUT2D eigenvalue weighted by Crippen LogP contribution is -1.96. The molecule has 0 aliphatic rings. The Morgan fingerprint density at radius 2 is 0.463 bits per heavy atom. The monoisotopic (exact) mass is 1040 g/mol. The van der Waals surface area contributed by atoms with E-state index in [2.05, 4.69) is 208 Å². The molecule has 13 aromatic heterocycles. The normalized spacial score (nSPS) is 11.8. The Bertz CT molecular complexity index is 4080. The first kappa shape index (κ1) is 50.7. The number of benzene rings is 6. The van der Waals surface area contributed by atoms with Crippen LogP contribution >= 0.6 is 0 Å². The Labute approximate surface area is 464 Å². The van der Waals surface area contributed by atoms with Crippen LogP contribution < -0.4 is 0 Å². The number of hydrogen-bond acceptors (Lipinski definition) is 8. The van der Waals surface area contributed by atoms with E-state index in [0.717, 1.165) is 168 Å². The minimum atomic E-state index is 0.513. The highest BCUT2D eigenvalue weighted by molar-refractivity contribution is 6.08. The summed E-state index contributed by atoms with van der Waals surface area (Å²) in [4.78, 5) is 31.9. The molecule has 6 aromatic carbocycles. The summed E-state index contributed by atoms with van der Waals surface area (Å²) in [5.41, 5.74) is 12.7. The third-order valence-electron chi connectivity index (χ3n) is 15.5. The molecule has 13 heterocycles. The fourth-order valence-corrected chi connectivity index (χ4v) is 11.0. The lowest BCUT2D eigenvalue weighted by Gasteiger charge is -2.07. The number of pyridine rings is 6. The lowest BCUT2D eigenvalue weighted by molar-refractivity contribution is 0.117. The molecule has 0 amide bonds. The second-order valence-electron chi connectivity index (χ2n) is 21.2. The van der Waals surface area contributed by atoms with Gasteiger partial charge in [0.25, 0.3) is 0 Å². The Morgan fingerprint density at radius 3 is 0.713 bits per heavy atom. The van der Waals surface area contributed by atoms with Gasteiger partial charge in [-0.2, -0.15) is 0 Å². The van der Waals surface area contributed by atoms with E-state index in [1.165, 1.54) is 38.5 Å². The lowest BCUT2D eigenvalue weighted by atomic mass is 10.1. The van der Waals surface area contributed by atoms with Gasteiger partial charge < -0.3 is 9.47 Å². The van der Waals surface area contributed by atoms with E-state index >= 15 is 0 Å². The van der Waals surface area contributed by atoms with Crippen LogP contribution in [-0.2, 0) is 22.7 Å². The van der Waals surface area contributed by atoms with E-state index in [1.807, 2.05) is 0 Å². The topological polar surface area (TPSA) is 95.8 Å². The number of aromatic nitrogens is 6. The molecule has 0 aliphatic heterocycles. The van der Waals surface area contributed by atoms with Gasteiger partial charge in [0.2, 0.25) is 0 Å². The second-order valence-corrected chi connectivity index (χ2v) is 21.2. The zero-order chi connectivity index (χ0) is 53.8. The number of unbranched alkanes of at least 4 members (excludes halogenated alkanes) is 6. The molecule has 0 aliphatic carbocycles. The van der Waals surface area contributed by atoms with Crippen LogP contribution in [0.3, 0.4) is 0 Å². The van der Waals surface area contributed by atoms with Crippen LogP contribution in [0.15, 0.2) is 194 Å². The molecule has 0 radical (unpaired) electrons. The smallest absolute Gasteiger partial charge is 0.0972 e. The predicted octanol–water partition coefficient (Wildman–Crippen LogP) is 18.9. The average molecular weight is 1040 g/mol. The summed E-state index contributed by atoms with van der Waals surface area (Å²) in [6.07, 6.45) is 9.31. The molecule has 0 spiro atoms. The largest absolute Gasteiger partial charge is 0.377 e. The first-order valence-corrected chi connectivity index (χ1v) is 28.5. The molecule has 80 heavy (non-hydrogen) atoms. The van der Waals surface area contributed by atoms with Gasteiger partial charge in [-0.15, -0.1) is 0 Å². The summed E-state index contributed by atoms with van der Waals surface area (Å²) >= 11 is 0. The van der Waals surface area contributed by atoms with Crippen LogP contribution in [0.5, 0.6) is 0 Å². The van der Waals surface area contributed by atoms with Gasteiger partial charge in [-0.25, -0.2) is 29.9 Å². The van der Waals surface area contributed by atoms with E-state index < -0.39 is 0 Å². The molecular formula is C72H62N6O2. The highest BCUT2D eigenvalue weighted by Gasteiger charge is 2.10.